The van der Waals surface area contributed by atoms with E-state index in [1.54, 1.807) is 0 Å². The summed E-state index contributed by atoms with van der Waals surface area (Å²) < 4.78 is 0. The molecule has 1 fully saturated rings. The number of alkyl halides is 1. The van der Waals surface area contributed by atoms with Crippen LogP contribution in [0.5, 0.6) is 0 Å². The van der Waals surface area contributed by atoms with Crippen molar-refractivity contribution in [3.05, 3.63) is 0 Å². The molecular formula is C10H16ClNO3. The Morgan fingerprint density at radius 2 is 2.00 bits per heavy atom. The van der Waals surface area contributed by atoms with Gasteiger partial charge in [-0.1, -0.05) is 12.8 Å². The lowest BCUT2D eigenvalue weighted by atomic mass is 10.0. The van der Waals surface area contributed by atoms with Gasteiger partial charge in [0, 0.05) is 5.54 Å². The van der Waals surface area contributed by atoms with Gasteiger partial charge in [-0.2, -0.15) is 0 Å². The first-order chi connectivity index (χ1) is 6.93. The number of amides is 1. The molecular weight excluding hydrogens is 218 g/mol. The second kappa shape index (κ2) is 4.84. The lowest BCUT2D eigenvalue weighted by Gasteiger charge is -2.25. The van der Waals surface area contributed by atoms with Gasteiger partial charge < -0.3 is 10.4 Å². The Kier molecular flexibility index (Phi) is 3.97. The molecule has 15 heavy (non-hydrogen) atoms. The molecule has 1 aliphatic carbocycles. The van der Waals surface area contributed by atoms with Crippen LogP contribution in [0.4, 0.5) is 0 Å². The molecule has 5 heteroatoms. The Morgan fingerprint density at radius 1 is 1.47 bits per heavy atom. The van der Waals surface area contributed by atoms with Crippen LogP contribution in [-0.4, -0.2) is 27.9 Å². The maximum atomic E-state index is 11.5. The summed E-state index contributed by atoms with van der Waals surface area (Å²) in [5.74, 6) is -1.43. The zero-order valence-corrected chi connectivity index (χ0v) is 9.51. The van der Waals surface area contributed by atoms with E-state index in [9.17, 15) is 9.59 Å². The van der Waals surface area contributed by atoms with Crippen LogP contribution in [0.2, 0.25) is 0 Å². The van der Waals surface area contributed by atoms with Crippen LogP contribution in [0.15, 0.2) is 0 Å². The van der Waals surface area contributed by atoms with E-state index < -0.39 is 11.3 Å². The van der Waals surface area contributed by atoms with Gasteiger partial charge in [-0.3, -0.25) is 9.59 Å². The van der Waals surface area contributed by atoms with Crippen molar-refractivity contribution in [3.8, 4) is 0 Å². The molecule has 0 spiro atoms. The molecule has 0 bridgehead atoms. The topological polar surface area (TPSA) is 66.4 Å². The molecule has 1 rings (SSSR count). The number of carboxylic acid groups (broad SMARTS) is 1. The molecule has 0 aliphatic heterocycles. The quantitative estimate of drug-likeness (QED) is 0.724. The van der Waals surface area contributed by atoms with Crippen molar-refractivity contribution in [1.29, 1.82) is 0 Å². The number of carboxylic acids is 1. The summed E-state index contributed by atoms with van der Waals surface area (Å²) in [4.78, 5) is 21.9. The first-order valence-electron chi connectivity index (χ1n) is 5.11. The van der Waals surface area contributed by atoms with E-state index >= 15 is 0 Å². The normalized spacial score (nSPS) is 20.9. The zero-order valence-electron chi connectivity index (χ0n) is 8.75. The average molecular weight is 234 g/mol. The highest BCUT2D eigenvalue weighted by atomic mass is 35.5. The van der Waals surface area contributed by atoms with Crippen LogP contribution in [0.25, 0.3) is 0 Å². The number of carbonyl (C=O) groups excluding carboxylic acids is 1. The van der Waals surface area contributed by atoms with Crippen LogP contribution in [-0.2, 0) is 9.59 Å². The second-order valence-electron chi connectivity index (χ2n) is 4.33. The molecule has 1 atom stereocenters. The zero-order chi connectivity index (χ0) is 11.5. The maximum Gasteiger partial charge on any atom is 0.322 e. The summed E-state index contributed by atoms with van der Waals surface area (Å²) >= 11 is 5.48. The molecule has 0 aromatic rings. The molecule has 0 heterocycles. The van der Waals surface area contributed by atoms with Gasteiger partial charge in [0.05, 0.1) is 6.42 Å². The van der Waals surface area contributed by atoms with Gasteiger partial charge in [0.25, 0.3) is 0 Å². The van der Waals surface area contributed by atoms with Crippen LogP contribution in [0, 0.1) is 0 Å². The molecule has 0 saturated heterocycles. The summed E-state index contributed by atoms with van der Waals surface area (Å²) in [5.41, 5.74) is -0.161. The summed E-state index contributed by atoms with van der Waals surface area (Å²) in [5, 5.41) is 10.3. The number of nitrogens with one attached hydrogen (secondary N) is 1. The van der Waals surface area contributed by atoms with E-state index in [1.807, 2.05) is 6.92 Å². The fourth-order valence-electron chi connectivity index (χ4n) is 1.92. The smallest absolute Gasteiger partial charge is 0.322 e. The van der Waals surface area contributed by atoms with Crippen LogP contribution in [0.3, 0.4) is 0 Å². The molecule has 1 saturated carbocycles. The first-order valence-corrected chi connectivity index (χ1v) is 5.54. The van der Waals surface area contributed by atoms with Gasteiger partial charge in [0.2, 0.25) is 5.91 Å². The minimum Gasteiger partial charge on any atom is -0.480 e. The number of halogens is 1. The third kappa shape index (κ3) is 3.70. The van der Waals surface area contributed by atoms with Crippen molar-refractivity contribution in [2.24, 2.45) is 0 Å². The van der Waals surface area contributed by atoms with Gasteiger partial charge in [-0.05, 0) is 19.8 Å². The van der Waals surface area contributed by atoms with Gasteiger partial charge in [-0.15, -0.1) is 11.6 Å². The van der Waals surface area contributed by atoms with Crippen molar-refractivity contribution < 1.29 is 14.7 Å². The molecule has 86 valence electrons. The summed E-state index contributed by atoms with van der Waals surface area (Å²) in [6.45, 7) is 1.99. The Hall–Kier alpha value is -0.770. The van der Waals surface area contributed by atoms with E-state index in [-0.39, 0.29) is 17.9 Å². The van der Waals surface area contributed by atoms with Crippen LogP contribution < -0.4 is 5.32 Å². The molecule has 1 aliphatic rings. The lowest BCUT2D eigenvalue weighted by molar-refractivity contribution is -0.138. The predicted molar refractivity (Wildman–Crippen MR) is 56.9 cm³/mol. The number of carbonyl (C=O) groups is 2. The van der Waals surface area contributed by atoms with Crippen molar-refractivity contribution >= 4 is 23.5 Å². The number of hydrogen-bond donors (Lipinski definition) is 2. The predicted octanol–water partition coefficient (Wildman–Crippen LogP) is 1.52. The van der Waals surface area contributed by atoms with Crippen LogP contribution >= 0.6 is 11.6 Å². The number of aliphatic carboxylic acids is 1. The summed E-state index contributed by atoms with van der Waals surface area (Å²) in [6.07, 6.45) is 3.98. The van der Waals surface area contributed by atoms with Gasteiger partial charge in [0.1, 0.15) is 5.38 Å². The highest BCUT2D eigenvalue weighted by Gasteiger charge is 2.31. The fraction of sp³-hybridized carbons (Fsp3) is 0.800. The third-order valence-electron chi connectivity index (χ3n) is 2.78. The number of rotatable bonds is 4. The van der Waals surface area contributed by atoms with Crippen molar-refractivity contribution in [3.63, 3.8) is 0 Å². The Labute approximate surface area is 94.0 Å². The highest BCUT2D eigenvalue weighted by molar-refractivity contribution is 6.30. The minimum atomic E-state index is -1.15. The lowest BCUT2D eigenvalue weighted by Crippen LogP contribution is -2.44. The Bertz CT molecular complexity index is 261. The largest absolute Gasteiger partial charge is 0.480 e. The van der Waals surface area contributed by atoms with E-state index in [0.717, 1.165) is 25.7 Å². The summed E-state index contributed by atoms with van der Waals surface area (Å²) in [7, 11) is 0. The van der Waals surface area contributed by atoms with Crippen molar-refractivity contribution in [2.45, 2.75) is 49.9 Å². The van der Waals surface area contributed by atoms with Gasteiger partial charge in [0.15, 0.2) is 0 Å². The second-order valence-corrected chi connectivity index (χ2v) is 4.85. The van der Waals surface area contributed by atoms with Gasteiger partial charge in [-0.25, -0.2) is 0 Å². The van der Waals surface area contributed by atoms with E-state index in [1.165, 1.54) is 0 Å². The summed E-state index contributed by atoms with van der Waals surface area (Å²) in [6, 6.07) is 0. The SMILES string of the molecule is CC1(NC(=O)CC(Cl)C(=O)O)CCCC1. The van der Waals surface area contributed by atoms with E-state index in [4.69, 9.17) is 16.7 Å². The third-order valence-corrected chi connectivity index (χ3v) is 3.12. The molecule has 0 radical (unpaired) electrons. The van der Waals surface area contributed by atoms with Gasteiger partial charge >= 0.3 is 5.97 Å². The fourth-order valence-corrected chi connectivity index (χ4v) is 2.06. The molecule has 1 amide bonds. The van der Waals surface area contributed by atoms with E-state index in [2.05, 4.69) is 5.32 Å². The molecule has 0 aromatic carbocycles. The standard InChI is InChI=1S/C10H16ClNO3/c1-10(4-2-3-5-10)12-8(13)6-7(11)9(14)15/h7H,2-6H2,1H3,(H,12,13)(H,14,15). The molecule has 0 aromatic heterocycles. The molecule has 4 nitrogen and oxygen atoms in total. The maximum absolute atomic E-state index is 11.5. The van der Waals surface area contributed by atoms with Crippen LogP contribution in [0.1, 0.15) is 39.0 Å². The van der Waals surface area contributed by atoms with E-state index in [0.29, 0.717) is 0 Å². The molecule has 1 unspecified atom stereocenters. The first kappa shape index (κ1) is 12.3. The average Bonchev–Trinajstić information content (AvgIpc) is 2.50. The number of hydrogen-bond acceptors (Lipinski definition) is 2. The highest BCUT2D eigenvalue weighted by Crippen LogP contribution is 2.28. The molecule has 2 N–H and O–H groups in total. The monoisotopic (exact) mass is 233 g/mol. The Balaban J connectivity index is 2.38. The minimum absolute atomic E-state index is 0.160. The van der Waals surface area contributed by atoms with Crippen molar-refractivity contribution in [1.82, 2.24) is 5.32 Å². The van der Waals surface area contributed by atoms with Crippen molar-refractivity contribution in [2.75, 3.05) is 0 Å². The Morgan fingerprint density at radius 3 is 2.47 bits per heavy atom.